The van der Waals surface area contributed by atoms with Crippen LogP contribution in [0.1, 0.15) is 57.6 Å². The van der Waals surface area contributed by atoms with Gasteiger partial charge < -0.3 is 9.88 Å². The van der Waals surface area contributed by atoms with E-state index in [1.54, 1.807) is 6.33 Å². The molecule has 1 amide bonds. The Morgan fingerprint density at radius 3 is 2.55 bits per heavy atom. The van der Waals surface area contributed by atoms with E-state index in [1.165, 1.54) is 4.57 Å². The highest BCUT2D eigenvalue weighted by atomic mass is 16.2. The Morgan fingerprint density at radius 1 is 1.16 bits per heavy atom. The number of hydrogen-bond donors (Lipinski definition) is 1. The predicted octanol–water partition coefficient (Wildman–Crippen LogP) is 2.44. The van der Waals surface area contributed by atoms with E-state index in [0.29, 0.717) is 11.2 Å². The van der Waals surface area contributed by atoms with Gasteiger partial charge in [-0.05, 0) is 31.7 Å². The molecular formula is C23H29N5O3. The molecule has 0 bridgehead atoms. The summed E-state index contributed by atoms with van der Waals surface area (Å²) in [4.78, 5) is 43.7. The Morgan fingerprint density at radius 2 is 1.87 bits per heavy atom. The van der Waals surface area contributed by atoms with Crippen molar-refractivity contribution in [2.75, 3.05) is 0 Å². The molecule has 1 aliphatic carbocycles. The van der Waals surface area contributed by atoms with Crippen molar-refractivity contribution in [3.8, 4) is 0 Å². The Hall–Kier alpha value is -3.16. The first-order valence-corrected chi connectivity index (χ1v) is 11.0. The topological polar surface area (TPSA) is 90.9 Å². The van der Waals surface area contributed by atoms with Gasteiger partial charge in [0.05, 0.1) is 12.9 Å². The van der Waals surface area contributed by atoms with Gasteiger partial charge in [0.15, 0.2) is 11.2 Å². The lowest BCUT2D eigenvalue weighted by atomic mass is 10.2. The highest BCUT2D eigenvalue weighted by Gasteiger charge is 2.25. The van der Waals surface area contributed by atoms with Crippen molar-refractivity contribution >= 4 is 17.1 Å². The van der Waals surface area contributed by atoms with Gasteiger partial charge in [-0.25, -0.2) is 14.3 Å². The lowest BCUT2D eigenvalue weighted by molar-refractivity contribution is -0.122. The van der Waals surface area contributed by atoms with Gasteiger partial charge in [0.1, 0.15) is 6.54 Å². The van der Waals surface area contributed by atoms with Gasteiger partial charge in [-0.3, -0.25) is 14.2 Å². The number of nitrogens with one attached hydrogen (secondary N) is 1. The SMILES string of the molecule is CCC(C)NC(=O)Cn1c(=O)c2c(ncn2C2CCCC2)n(Cc2ccccc2)c1=O. The first-order chi connectivity index (χ1) is 15.0. The van der Waals surface area contributed by atoms with E-state index < -0.39 is 11.2 Å². The van der Waals surface area contributed by atoms with Crippen LogP contribution in [0.2, 0.25) is 0 Å². The summed E-state index contributed by atoms with van der Waals surface area (Å²) < 4.78 is 4.47. The van der Waals surface area contributed by atoms with Crippen LogP contribution in [0.5, 0.6) is 0 Å². The highest BCUT2D eigenvalue weighted by Crippen LogP contribution is 2.31. The van der Waals surface area contributed by atoms with Crippen molar-refractivity contribution in [2.24, 2.45) is 0 Å². The van der Waals surface area contributed by atoms with E-state index in [9.17, 15) is 14.4 Å². The number of hydrogen-bond acceptors (Lipinski definition) is 4. The fraction of sp³-hybridized carbons (Fsp3) is 0.478. The van der Waals surface area contributed by atoms with Gasteiger partial charge in [-0.1, -0.05) is 50.1 Å². The summed E-state index contributed by atoms with van der Waals surface area (Å²) >= 11 is 0. The maximum atomic E-state index is 13.4. The molecule has 164 valence electrons. The Labute approximate surface area is 180 Å². The van der Waals surface area contributed by atoms with Crippen LogP contribution in [0.15, 0.2) is 46.2 Å². The molecule has 1 fully saturated rings. The second-order valence-electron chi connectivity index (χ2n) is 8.38. The third-order valence-corrected chi connectivity index (χ3v) is 6.16. The number of aromatic nitrogens is 4. The van der Waals surface area contributed by atoms with Gasteiger partial charge in [0.2, 0.25) is 5.91 Å². The highest BCUT2D eigenvalue weighted by molar-refractivity contribution is 5.77. The van der Waals surface area contributed by atoms with Crippen LogP contribution >= 0.6 is 0 Å². The number of imidazole rings is 1. The van der Waals surface area contributed by atoms with Gasteiger partial charge in [0.25, 0.3) is 5.56 Å². The lowest BCUT2D eigenvalue weighted by Gasteiger charge is -2.16. The van der Waals surface area contributed by atoms with E-state index in [-0.39, 0.29) is 31.1 Å². The molecule has 4 rings (SSSR count). The summed E-state index contributed by atoms with van der Waals surface area (Å²) in [5, 5.41) is 2.84. The summed E-state index contributed by atoms with van der Waals surface area (Å²) in [6.45, 7) is 3.84. The molecule has 1 N–H and O–H groups in total. The summed E-state index contributed by atoms with van der Waals surface area (Å²) in [6, 6.07) is 9.75. The van der Waals surface area contributed by atoms with Gasteiger partial charge in [-0.15, -0.1) is 0 Å². The molecular weight excluding hydrogens is 394 g/mol. The lowest BCUT2D eigenvalue weighted by Crippen LogP contribution is -2.45. The van der Waals surface area contributed by atoms with E-state index in [0.717, 1.165) is 42.2 Å². The van der Waals surface area contributed by atoms with Crippen molar-refractivity contribution in [2.45, 2.75) is 71.1 Å². The molecule has 1 unspecified atom stereocenters. The second kappa shape index (κ2) is 8.91. The van der Waals surface area contributed by atoms with Crippen LogP contribution in [0.4, 0.5) is 0 Å². The van der Waals surface area contributed by atoms with Crippen LogP contribution in [0, 0.1) is 0 Å². The zero-order valence-corrected chi connectivity index (χ0v) is 18.1. The van der Waals surface area contributed by atoms with Crippen LogP contribution < -0.4 is 16.6 Å². The zero-order valence-electron chi connectivity index (χ0n) is 18.1. The van der Waals surface area contributed by atoms with E-state index in [1.807, 2.05) is 48.7 Å². The molecule has 0 spiro atoms. The third kappa shape index (κ3) is 4.19. The average Bonchev–Trinajstić information content (AvgIpc) is 3.44. The van der Waals surface area contributed by atoms with Crippen molar-refractivity contribution in [1.82, 2.24) is 24.0 Å². The molecule has 8 nitrogen and oxygen atoms in total. The number of amides is 1. The maximum absolute atomic E-state index is 13.4. The number of nitrogens with zero attached hydrogens (tertiary/aromatic N) is 4. The Balaban J connectivity index is 1.85. The van der Waals surface area contributed by atoms with Crippen molar-refractivity contribution in [1.29, 1.82) is 0 Å². The van der Waals surface area contributed by atoms with Crippen molar-refractivity contribution < 1.29 is 4.79 Å². The number of rotatable bonds is 7. The van der Waals surface area contributed by atoms with Crippen molar-refractivity contribution in [3.63, 3.8) is 0 Å². The standard InChI is InChI=1S/C23H29N5O3/c1-3-16(2)25-19(29)14-27-22(30)20-21(24-15-28(20)18-11-7-8-12-18)26(23(27)31)13-17-9-5-4-6-10-17/h4-6,9-10,15-16,18H,3,7-8,11-14H2,1-2H3,(H,25,29). The Bertz CT molecular complexity index is 1190. The molecule has 0 aliphatic heterocycles. The van der Waals surface area contributed by atoms with E-state index >= 15 is 0 Å². The molecule has 1 atom stereocenters. The molecule has 8 heteroatoms. The third-order valence-electron chi connectivity index (χ3n) is 6.16. The minimum atomic E-state index is -0.516. The molecule has 2 heterocycles. The molecule has 31 heavy (non-hydrogen) atoms. The second-order valence-corrected chi connectivity index (χ2v) is 8.38. The molecule has 0 saturated heterocycles. The quantitative estimate of drug-likeness (QED) is 0.632. The van der Waals surface area contributed by atoms with E-state index in [4.69, 9.17) is 0 Å². The van der Waals surface area contributed by atoms with Gasteiger partial charge in [-0.2, -0.15) is 0 Å². The van der Waals surface area contributed by atoms with Crippen molar-refractivity contribution in [3.05, 3.63) is 63.1 Å². The smallest absolute Gasteiger partial charge is 0.333 e. The van der Waals surface area contributed by atoms with Crippen LogP contribution in [0.3, 0.4) is 0 Å². The maximum Gasteiger partial charge on any atom is 0.333 e. The van der Waals surface area contributed by atoms with Gasteiger partial charge in [0, 0.05) is 12.1 Å². The largest absolute Gasteiger partial charge is 0.352 e. The van der Waals surface area contributed by atoms with E-state index in [2.05, 4.69) is 10.3 Å². The zero-order chi connectivity index (χ0) is 22.0. The predicted molar refractivity (Wildman–Crippen MR) is 119 cm³/mol. The Kier molecular flexibility index (Phi) is 6.06. The van der Waals surface area contributed by atoms with Crippen LogP contribution in [-0.2, 0) is 17.9 Å². The minimum absolute atomic E-state index is 0.0255. The minimum Gasteiger partial charge on any atom is -0.352 e. The molecule has 3 aromatic rings. The number of carbonyl (C=O) groups is 1. The molecule has 1 aliphatic rings. The monoisotopic (exact) mass is 423 g/mol. The summed E-state index contributed by atoms with van der Waals surface area (Å²) in [5.74, 6) is -0.342. The number of carbonyl (C=O) groups excluding carboxylic acids is 1. The summed E-state index contributed by atoms with van der Waals surface area (Å²) in [6.07, 6.45) is 6.63. The summed E-state index contributed by atoms with van der Waals surface area (Å²) in [7, 11) is 0. The molecule has 0 radical (unpaired) electrons. The van der Waals surface area contributed by atoms with Gasteiger partial charge >= 0.3 is 5.69 Å². The number of benzene rings is 1. The van der Waals surface area contributed by atoms with Crippen LogP contribution in [-0.4, -0.2) is 30.6 Å². The fourth-order valence-corrected chi connectivity index (χ4v) is 4.28. The first kappa shape index (κ1) is 21.1. The average molecular weight is 424 g/mol. The molecule has 2 aromatic heterocycles. The fourth-order valence-electron chi connectivity index (χ4n) is 4.28. The molecule has 1 aromatic carbocycles. The first-order valence-electron chi connectivity index (χ1n) is 11.0. The normalized spacial score (nSPS) is 15.4. The number of fused-ring (bicyclic) bond motifs is 1. The molecule has 1 saturated carbocycles. The summed E-state index contributed by atoms with van der Waals surface area (Å²) in [5.41, 5.74) is 0.740. The van der Waals surface area contributed by atoms with Crippen LogP contribution in [0.25, 0.3) is 11.2 Å².